The van der Waals surface area contributed by atoms with Crippen molar-refractivity contribution < 1.29 is 4.79 Å². The minimum atomic E-state index is -0.330. The lowest BCUT2D eigenvalue weighted by Gasteiger charge is -2.06. The summed E-state index contributed by atoms with van der Waals surface area (Å²) in [5.74, 6) is -0.330. The van der Waals surface area contributed by atoms with E-state index in [1.54, 1.807) is 47.4 Å². The van der Waals surface area contributed by atoms with Crippen molar-refractivity contribution in [2.45, 2.75) is 0 Å². The summed E-state index contributed by atoms with van der Waals surface area (Å²) in [5.41, 5.74) is 2.95. The molecule has 0 aliphatic carbocycles. The predicted octanol–water partition coefficient (Wildman–Crippen LogP) is 3.03. The maximum atomic E-state index is 12.5. The number of carbonyl (C=O) groups excluding carboxylic acids is 1. The summed E-state index contributed by atoms with van der Waals surface area (Å²) in [4.78, 5) is 16.7. The lowest BCUT2D eigenvalue weighted by Crippen LogP contribution is -2.14. The first kappa shape index (κ1) is 14.4. The van der Waals surface area contributed by atoms with E-state index < -0.39 is 0 Å². The van der Waals surface area contributed by atoms with E-state index in [1.807, 2.05) is 12.1 Å². The van der Waals surface area contributed by atoms with Gasteiger partial charge in [0.1, 0.15) is 5.69 Å². The van der Waals surface area contributed by atoms with E-state index >= 15 is 0 Å². The van der Waals surface area contributed by atoms with E-state index in [0.717, 1.165) is 5.56 Å². The highest BCUT2D eigenvalue weighted by Gasteiger charge is 2.14. The Kier molecular flexibility index (Phi) is 3.47. The number of benzene rings is 1. The molecule has 3 heterocycles. The monoisotopic (exact) mass is 338 g/mol. The van der Waals surface area contributed by atoms with Gasteiger partial charge in [-0.1, -0.05) is 23.7 Å². The SMILES string of the molecule is O=C(Nc1cn[nH]c1-c1cccc(Cl)c1)c1ccn2nccc2n1. The fourth-order valence-corrected chi connectivity index (χ4v) is 2.56. The number of carbonyl (C=O) groups is 1. The van der Waals surface area contributed by atoms with E-state index in [-0.39, 0.29) is 5.91 Å². The van der Waals surface area contributed by atoms with Crippen molar-refractivity contribution in [3.05, 3.63) is 65.7 Å². The molecule has 0 saturated heterocycles. The number of fused-ring (bicyclic) bond motifs is 1. The van der Waals surface area contributed by atoms with Crippen molar-refractivity contribution in [3.8, 4) is 11.3 Å². The highest BCUT2D eigenvalue weighted by atomic mass is 35.5. The van der Waals surface area contributed by atoms with Gasteiger partial charge in [0, 0.05) is 22.8 Å². The van der Waals surface area contributed by atoms with Crippen LogP contribution >= 0.6 is 11.6 Å². The summed E-state index contributed by atoms with van der Waals surface area (Å²) >= 11 is 6.02. The van der Waals surface area contributed by atoms with Crippen LogP contribution in [0.2, 0.25) is 5.02 Å². The maximum absolute atomic E-state index is 12.5. The Hall–Kier alpha value is -3.19. The van der Waals surface area contributed by atoms with Crippen LogP contribution < -0.4 is 5.32 Å². The standard InChI is InChI=1S/C16H11ClN6O/c17-11-3-1-2-10(8-11)15-13(9-18-22-15)21-16(24)12-5-7-23-14(20-12)4-6-19-23/h1-9H,(H,18,22)(H,21,24). The lowest BCUT2D eigenvalue weighted by molar-refractivity contribution is 0.102. The third kappa shape index (κ3) is 2.61. The molecule has 0 fully saturated rings. The zero-order valence-electron chi connectivity index (χ0n) is 12.3. The summed E-state index contributed by atoms with van der Waals surface area (Å²) in [6, 6.07) is 10.6. The number of nitrogens with one attached hydrogen (secondary N) is 2. The number of nitrogens with zero attached hydrogens (tertiary/aromatic N) is 4. The van der Waals surface area contributed by atoms with E-state index in [9.17, 15) is 4.79 Å². The first-order valence-electron chi connectivity index (χ1n) is 7.12. The van der Waals surface area contributed by atoms with Gasteiger partial charge in [-0.2, -0.15) is 10.2 Å². The molecule has 0 radical (unpaired) electrons. The molecule has 24 heavy (non-hydrogen) atoms. The third-order valence-electron chi connectivity index (χ3n) is 3.49. The second kappa shape index (κ2) is 5.78. The fourth-order valence-electron chi connectivity index (χ4n) is 2.37. The topological polar surface area (TPSA) is 88.0 Å². The van der Waals surface area contributed by atoms with Gasteiger partial charge in [-0.15, -0.1) is 0 Å². The molecule has 8 heteroatoms. The summed E-state index contributed by atoms with van der Waals surface area (Å²) < 4.78 is 1.59. The van der Waals surface area contributed by atoms with Crippen molar-refractivity contribution in [2.24, 2.45) is 0 Å². The number of hydrogen-bond donors (Lipinski definition) is 2. The molecule has 2 N–H and O–H groups in total. The van der Waals surface area contributed by atoms with E-state index in [0.29, 0.717) is 27.7 Å². The number of rotatable bonds is 3. The van der Waals surface area contributed by atoms with Crippen molar-refractivity contribution in [3.63, 3.8) is 0 Å². The van der Waals surface area contributed by atoms with Crippen LogP contribution in [0.1, 0.15) is 10.5 Å². The summed E-state index contributed by atoms with van der Waals surface area (Å²) in [5, 5.41) is 14.3. The zero-order chi connectivity index (χ0) is 16.5. The highest BCUT2D eigenvalue weighted by molar-refractivity contribution is 6.30. The molecule has 0 spiro atoms. The molecule has 0 aliphatic heterocycles. The Bertz CT molecular complexity index is 1040. The number of anilines is 1. The molecular formula is C16H11ClN6O. The van der Waals surface area contributed by atoms with Crippen LogP contribution in [-0.4, -0.2) is 30.7 Å². The van der Waals surface area contributed by atoms with Crippen molar-refractivity contribution in [2.75, 3.05) is 5.32 Å². The smallest absolute Gasteiger partial charge is 0.274 e. The lowest BCUT2D eigenvalue weighted by atomic mass is 10.1. The number of aromatic nitrogens is 5. The fraction of sp³-hybridized carbons (Fsp3) is 0. The van der Waals surface area contributed by atoms with E-state index in [2.05, 4.69) is 25.6 Å². The van der Waals surface area contributed by atoms with Gasteiger partial charge in [0.25, 0.3) is 5.91 Å². The molecule has 0 aliphatic rings. The Labute approximate surface area is 141 Å². The molecule has 0 unspecified atom stereocenters. The largest absolute Gasteiger partial charge is 0.317 e. The molecule has 0 saturated carbocycles. The van der Waals surface area contributed by atoms with Crippen LogP contribution in [-0.2, 0) is 0 Å². The maximum Gasteiger partial charge on any atom is 0.274 e. The summed E-state index contributed by atoms with van der Waals surface area (Å²) in [7, 11) is 0. The number of hydrogen-bond acceptors (Lipinski definition) is 4. The van der Waals surface area contributed by atoms with E-state index in [1.165, 1.54) is 0 Å². The van der Waals surface area contributed by atoms with Crippen molar-refractivity contribution in [1.29, 1.82) is 0 Å². The van der Waals surface area contributed by atoms with Crippen LogP contribution in [0.5, 0.6) is 0 Å². The Morgan fingerprint density at radius 1 is 1.25 bits per heavy atom. The summed E-state index contributed by atoms with van der Waals surface area (Å²) in [6.45, 7) is 0. The van der Waals surface area contributed by atoms with Crippen molar-refractivity contribution >= 4 is 28.8 Å². The van der Waals surface area contributed by atoms with Gasteiger partial charge < -0.3 is 5.32 Å². The second-order valence-electron chi connectivity index (χ2n) is 5.07. The van der Waals surface area contributed by atoms with Crippen LogP contribution in [0.4, 0.5) is 5.69 Å². The molecule has 1 amide bonds. The van der Waals surface area contributed by atoms with Crippen LogP contribution in [0.15, 0.2) is 55.0 Å². The number of amides is 1. The quantitative estimate of drug-likeness (QED) is 0.601. The van der Waals surface area contributed by atoms with Crippen LogP contribution in [0.3, 0.4) is 0 Å². The predicted molar refractivity (Wildman–Crippen MR) is 90.0 cm³/mol. The number of H-pyrrole nitrogens is 1. The molecular weight excluding hydrogens is 328 g/mol. The van der Waals surface area contributed by atoms with Crippen LogP contribution in [0, 0.1) is 0 Å². The number of halogens is 1. The molecule has 0 bridgehead atoms. The molecule has 1 aromatic carbocycles. The first-order valence-corrected chi connectivity index (χ1v) is 7.49. The van der Waals surface area contributed by atoms with E-state index in [4.69, 9.17) is 11.6 Å². The van der Waals surface area contributed by atoms with Gasteiger partial charge in [0.2, 0.25) is 0 Å². The second-order valence-corrected chi connectivity index (χ2v) is 5.51. The van der Waals surface area contributed by atoms with Gasteiger partial charge in [-0.25, -0.2) is 9.50 Å². The Morgan fingerprint density at radius 2 is 2.17 bits per heavy atom. The molecule has 4 aromatic rings. The van der Waals surface area contributed by atoms with Gasteiger partial charge in [0.15, 0.2) is 5.65 Å². The average Bonchev–Trinajstić information content (AvgIpc) is 3.22. The molecule has 7 nitrogen and oxygen atoms in total. The van der Waals surface area contributed by atoms with Gasteiger partial charge >= 0.3 is 0 Å². The summed E-state index contributed by atoms with van der Waals surface area (Å²) in [6.07, 6.45) is 4.85. The molecule has 4 rings (SSSR count). The Morgan fingerprint density at radius 3 is 3.04 bits per heavy atom. The zero-order valence-corrected chi connectivity index (χ0v) is 13.0. The molecule has 3 aromatic heterocycles. The normalized spacial score (nSPS) is 10.9. The van der Waals surface area contributed by atoms with Crippen LogP contribution in [0.25, 0.3) is 16.9 Å². The third-order valence-corrected chi connectivity index (χ3v) is 3.73. The van der Waals surface area contributed by atoms with Crippen molar-refractivity contribution in [1.82, 2.24) is 24.8 Å². The van der Waals surface area contributed by atoms with Gasteiger partial charge in [0.05, 0.1) is 23.8 Å². The average molecular weight is 339 g/mol. The number of aromatic amines is 1. The minimum absolute atomic E-state index is 0.293. The molecule has 118 valence electrons. The molecule has 0 atom stereocenters. The first-order chi connectivity index (χ1) is 11.7. The highest BCUT2D eigenvalue weighted by Crippen LogP contribution is 2.27. The van der Waals surface area contributed by atoms with Gasteiger partial charge in [-0.05, 0) is 18.2 Å². The minimum Gasteiger partial charge on any atom is -0.317 e. The Balaban J connectivity index is 1.63. The van der Waals surface area contributed by atoms with Gasteiger partial charge in [-0.3, -0.25) is 9.89 Å².